The molecule has 9 heteroatoms. The smallest absolute Gasteiger partial charge is 0.356 e. The Bertz CT molecular complexity index is 1080. The van der Waals surface area contributed by atoms with Crippen molar-refractivity contribution in [3.63, 3.8) is 0 Å². The minimum atomic E-state index is -1.13. The van der Waals surface area contributed by atoms with Crippen LogP contribution in [0.2, 0.25) is 5.02 Å². The van der Waals surface area contributed by atoms with Gasteiger partial charge in [0.05, 0.1) is 17.4 Å². The monoisotopic (exact) mass is 464 g/mol. The fraction of sp³-hybridized carbons (Fsp3) is 0.211. The summed E-state index contributed by atoms with van der Waals surface area (Å²) in [7, 11) is 3.40. The van der Waals surface area contributed by atoms with Gasteiger partial charge in [0, 0.05) is 30.9 Å². The van der Waals surface area contributed by atoms with Gasteiger partial charge in [0.1, 0.15) is 0 Å². The van der Waals surface area contributed by atoms with Gasteiger partial charge in [0.15, 0.2) is 10.4 Å². The number of aryl methyl sites for hydroxylation is 2. The van der Waals surface area contributed by atoms with Gasteiger partial charge in [-0.1, -0.05) is 23.7 Å². The standard InChI is InChI=1S/C19H18BrClN4O3/c1-10-8-13(9-24(2)17(10)26)22-14(11-4-6-12(21)7-5-11)16-15(18(27)28)23-19(20)25(16)3/h4-9,14,22H,1-3H3,(H,27,28). The van der Waals surface area contributed by atoms with E-state index in [1.807, 2.05) is 12.1 Å². The molecule has 2 N–H and O–H groups in total. The number of pyridine rings is 1. The first-order chi connectivity index (χ1) is 13.2. The van der Waals surface area contributed by atoms with E-state index < -0.39 is 12.0 Å². The number of carbonyl (C=O) groups is 1. The number of hydrogen-bond donors (Lipinski definition) is 2. The molecule has 0 bridgehead atoms. The zero-order valence-corrected chi connectivity index (χ0v) is 17.7. The molecule has 1 aromatic carbocycles. The van der Waals surface area contributed by atoms with Crippen molar-refractivity contribution in [2.75, 3.05) is 5.32 Å². The average Bonchev–Trinajstić information content (AvgIpc) is 2.94. The number of nitrogens with one attached hydrogen (secondary N) is 1. The van der Waals surface area contributed by atoms with Crippen LogP contribution in [0.1, 0.15) is 33.4 Å². The van der Waals surface area contributed by atoms with Crippen LogP contribution in [0.3, 0.4) is 0 Å². The van der Waals surface area contributed by atoms with E-state index in [0.717, 1.165) is 5.56 Å². The highest BCUT2D eigenvalue weighted by Gasteiger charge is 2.28. The summed E-state index contributed by atoms with van der Waals surface area (Å²) >= 11 is 9.32. The molecule has 146 valence electrons. The molecular weight excluding hydrogens is 448 g/mol. The summed E-state index contributed by atoms with van der Waals surface area (Å²) in [6.45, 7) is 1.73. The van der Waals surface area contributed by atoms with Crippen LogP contribution in [0.15, 0.2) is 46.1 Å². The largest absolute Gasteiger partial charge is 0.476 e. The van der Waals surface area contributed by atoms with Crippen molar-refractivity contribution in [2.24, 2.45) is 14.1 Å². The lowest BCUT2D eigenvalue weighted by molar-refractivity contribution is 0.0689. The van der Waals surface area contributed by atoms with E-state index in [1.54, 1.807) is 50.0 Å². The number of benzene rings is 1. The zero-order chi connectivity index (χ0) is 20.6. The molecule has 0 spiro atoms. The molecule has 2 aromatic heterocycles. The maximum Gasteiger partial charge on any atom is 0.356 e. The van der Waals surface area contributed by atoms with Crippen LogP contribution < -0.4 is 10.9 Å². The van der Waals surface area contributed by atoms with Crippen LogP contribution in [0.25, 0.3) is 0 Å². The third kappa shape index (κ3) is 3.83. The van der Waals surface area contributed by atoms with Crippen LogP contribution >= 0.6 is 27.5 Å². The van der Waals surface area contributed by atoms with E-state index in [-0.39, 0.29) is 11.3 Å². The molecular formula is C19H18BrClN4O3. The van der Waals surface area contributed by atoms with Crippen molar-refractivity contribution in [2.45, 2.75) is 13.0 Å². The number of carboxylic acid groups (broad SMARTS) is 1. The van der Waals surface area contributed by atoms with Crippen LogP contribution in [0.4, 0.5) is 5.69 Å². The van der Waals surface area contributed by atoms with Gasteiger partial charge in [-0.15, -0.1) is 0 Å². The van der Waals surface area contributed by atoms with Gasteiger partial charge in [-0.25, -0.2) is 9.78 Å². The Labute approximate surface area is 174 Å². The number of anilines is 1. The van der Waals surface area contributed by atoms with Crippen molar-refractivity contribution < 1.29 is 9.90 Å². The maximum atomic E-state index is 12.0. The van der Waals surface area contributed by atoms with Gasteiger partial charge in [-0.05, 0) is 46.6 Å². The van der Waals surface area contributed by atoms with Crippen LogP contribution in [-0.2, 0) is 14.1 Å². The number of imidazole rings is 1. The Morgan fingerprint density at radius 1 is 1.29 bits per heavy atom. The Hall–Kier alpha value is -2.58. The lowest BCUT2D eigenvalue weighted by Crippen LogP contribution is -2.22. The van der Waals surface area contributed by atoms with E-state index in [0.29, 0.717) is 26.7 Å². The quantitative estimate of drug-likeness (QED) is 0.599. The van der Waals surface area contributed by atoms with Gasteiger partial charge in [-0.3, -0.25) is 4.79 Å². The number of rotatable bonds is 5. The number of nitrogens with zero attached hydrogens (tertiary/aromatic N) is 3. The molecule has 0 fully saturated rings. The van der Waals surface area contributed by atoms with Gasteiger partial charge in [0.2, 0.25) is 0 Å². The van der Waals surface area contributed by atoms with Crippen LogP contribution in [-0.4, -0.2) is 25.2 Å². The zero-order valence-electron chi connectivity index (χ0n) is 15.4. The topological polar surface area (TPSA) is 89.2 Å². The van der Waals surface area contributed by atoms with E-state index in [4.69, 9.17) is 11.6 Å². The van der Waals surface area contributed by atoms with Crippen molar-refractivity contribution in [1.82, 2.24) is 14.1 Å². The first-order valence-electron chi connectivity index (χ1n) is 8.33. The van der Waals surface area contributed by atoms with E-state index in [2.05, 4.69) is 26.2 Å². The SMILES string of the molecule is Cc1cc(NC(c2ccc(Cl)cc2)c2c(C(=O)O)nc(Br)n2C)cn(C)c1=O. The molecule has 0 aliphatic carbocycles. The third-order valence-corrected chi connectivity index (χ3v) is 5.40. The fourth-order valence-electron chi connectivity index (χ4n) is 3.06. The lowest BCUT2D eigenvalue weighted by Gasteiger charge is -2.22. The fourth-order valence-corrected chi connectivity index (χ4v) is 3.55. The van der Waals surface area contributed by atoms with E-state index in [9.17, 15) is 14.7 Å². The van der Waals surface area contributed by atoms with E-state index >= 15 is 0 Å². The maximum absolute atomic E-state index is 12.0. The molecule has 3 aromatic rings. The normalized spacial score (nSPS) is 12.0. The molecule has 0 saturated carbocycles. The summed E-state index contributed by atoms with van der Waals surface area (Å²) in [5.41, 5.74) is 2.36. The van der Waals surface area contributed by atoms with Gasteiger partial charge in [0.25, 0.3) is 5.56 Å². The number of halogens is 2. The molecule has 28 heavy (non-hydrogen) atoms. The lowest BCUT2D eigenvalue weighted by atomic mass is 10.0. The second-order valence-electron chi connectivity index (χ2n) is 6.44. The minimum absolute atomic E-state index is 0.0663. The highest BCUT2D eigenvalue weighted by atomic mass is 79.9. The summed E-state index contributed by atoms with van der Waals surface area (Å²) in [5.74, 6) is -1.13. The second kappa shape index (κ2) is 7.81. The van der Waals surface area contributed by atoms with E-state index in [1.165, 1.54) is 4.57 Å². The highest BCUT2D eigenvalue weighted by Crippen LogP contribution is 2.31. The van der Waals surface area contributed by atoms with Crippen molar-refractivity contribution in [3.05, 3.63) is 79.2 Å². The number of aromatic carboxylic acids is 1. The predicted octanol–water partition coefficient (Wildman–Crippen LogP) is 3.74. The molecule has 7 nitrogen and oxygen atoms in total. The molecule has 0 aliphatic rings. The Balaban J connectivity index is 2.18. The number of hydrogen-bond acceptors (Lipinski definition) is 4. The highest BCUT2D eigenvalue weighted by molar-refractivity contribution is 9.10. The molecule has 2 heterocycles. The molecule has 1 atom stereocenters. The molecule has 3 rings (SSSR count). The summed E-state index contributed by atoms with van der Waals surface area (Å²) < 4.78 is 3.55. The second-order valence-corrected chi connectivity index (χ2v) is 7.58. The Kier molecular flexibility index (Phi) is 5.62. The molecule has 0 amide bonds. The Morgan fingerprint density at radius 2 is 1.93 bits per heavy atom. The number of carboxylic acids is 1. The summed E-state index contributed by atoms with van der Waals surface area (Å²) in [5, 5.41) is 13.6. The molecule has 0 aliphatic heterocycles. The van der Waals surface area contributed by atoms with Crippen molar-refractivity contribution in [3.8, 4) is 0 Å². The molecule has 1 unspecified atom stereocenters. The minimum Gasteiger partial charge on any atom is -0.476 e. The van der Waals surface area contributed by atoms with Gasteiger partial charge >= 0.3 is 5.97 Å². The van der Waals surface area contributed by atoms with Crippen molar-refractivity contribution >= 4 is 39.2 Å². The average molecular weight is 466 g/mol. The van der Waals surface area contributed by atoms with Crippen molar-refractivity contribution in [1.29, 1.82) is 0 Å². The third-order valence-electron chi connectivity index (χ3n) is 4.44. The van der Waals surface area contributed by atoms with Gasteiger partial charge < -0.3 is 19.6 Å². The Morgan fingerprint density at radius 3 is 2.50 bits per heavy atom. The summed E-state index contributed by atoms with van der Waals surface area (Å²) in [6.07, 6.45) is 1.67. The number of aromatic nitrogens is 3. The molecule has 0 radical (unpaired) electrons. The first kappa shape index (κ1) is 20.2. The summed E-state index contributed by atoms with van der Waals surface area (Å²) in [6, 6.07) is 8.32. The molecule has 0 saturated heterocycles. The van der Waals surface area contributed by atoms with Crippen LogP contribution in [0.5, 0.6) is 0 Å². The summed E-state index contributed by atoms with van der Waals surface area (Å²) in [4.78, 5) is 27.9. The first-order valence-corrected chi connectivity index (χ1v) is 9.50. The van der Waals surface area contributed by atoms with Crippen LogP contribution in [0, 0.1) is 6.92 Å². The van der Waals surface area contributed by atoms with Gasteiger partial charge in [-0.2, -0.15) is 0 Å². The predicted molar refractivity (Wildman–Crippen MR) is 111 cm³/mol.